The van der Waals surface area contributed by atoms with E-state index in [4.69, 9.17) is 14.2 Å². The van der Waals surface area contributed by atoms with Crippen molar-refractivity contribution in [1.82, 2.24) is 0 Å². The van der Waals surface area contributed by atoms with E-state index in [9.17, 15) is 19.2 Å². The lowest BCUT2D eigenvalue weighted by Gasteiger charge is -2.47. The van der Waals surface area contributed by atoms with E-state index in [-0.39, 0.29) is 18.1 Å². The molecule has 172 valence electrons. The van der Waals surface area contributed by atoms with E-state index >= 15 is 0 Å². The maximum Gasteiger partial charge on any atom is 0.335 e. The molecule has 2 atom stereocenters. The third-order valence-electron chi connectivity index (χ3n) is 6.10. The quantitative estimate of drug-likeness (QED) is 0.440. The number of carbonyl (C=O) groups is 4. The summed E-state index contributed by atoms with van der Waals surface area (Å²) < 4.78 is 16.7. The molecule has 0 amide bonds. The number of ether oxygens (including phenoxy) is 3. The summed E-state index contributed by atoms with van der Waals surface area (Å²) in [5.74, 6) is -1.58. The standard InChI is InChI=1S/C24H34O7/c1-14(2)20(28)19-21-24(10-9-18(27)30-21,12-11-22(19,5)6)13-17(29-15(3)25)23(7,8)31-16(4)26/h9-10,14,17H,11-13H2,1-8H3/t17-,24+/m1/s1. The molecule has 0 bridgehead atoms. The van der Waals surface area contributed by atoms with Crippen molar-refractivity contribution in [1.29, 1.82) is 0 Å². The fourth-order valence-corrected chi connectivity index (χ4v) is 4.40. The molecule has 1 heterocycles. The van der Waals surface area contributed by atoms with Gasteiger partial charge in [-0.2, -0.15) is 0 Å². The lowest BCUT2D eigenvalue weighted by atomic mass is 9.60. The van der Waals surface area contributed by atoms with E-state index in [0.717, 1.165) is 0 Å². The van der Waals surface area contributed by atoms with Gasteiger partial charge < -0.3 is 14.2 Å². The fourth-order valence-electron chi connectivity index (χ4n) is 4.40. The number of rotatable bonds is 7. The average Bonchev–Trinajstić information content (AvgIpc) is 2.60. The van der Waals surface area contributed by atoms with Crippen molar-refractivity contribution in [3.05, 3.63) is 23.5 Å². The summed E-state index contributed by atoms with van der Waals surface area (Å²) >= 11 is 0. The second-order valence-electron chi connectivity index (χ2n) is 10.0. The molecule has 7 heteroatoms. The monoisotopic (exact) mass is 434 g/mol. The van der Waals surface area contributed by atoms with E-state index in [2.05, 4.69) is 0 Å². The molecule has 0 aromatic rings. The van der Waals surface area contributed by atoms with Crippen LogP contribution >= 0.6 is 0 Å². The topological polar surface area (TPSA) is 96.0 Å². The van der Waals surface area contributed by atoms with Gasteiger partial charge >= 0.3 is 17.9 Å². The Morgan fingerprint density at radius 1 is 1.13 bits per heavy atom. The van der Waals surface area contributed by atoms with Crippen LogP contribution in [0.3, 0.4) is 0 Å². The van der Waals surface area contributed by atoms with E-state index in [0.29, 0.717) is 24.2 Å². The Kier molecular flexibility index (Phi) is 6.88. The molecule has 2 aliphatic rings. The van der Waals surface area contributed by atoms with Gasteiger partial charge in [0, 0.05) is 37.8 Å². The molecule has 2 rings (SSSR count). The molecule has 0 fully saturated rings. The molecule has 0 spiro atoms. The minimum atomic E-state index is -1.12. The third-order valence-corrected chi connectivity index (χ3v) is 6.10. The number of allylic oxidation sites excluding steroid dienone is 2. The number of ketones is 1. The van der Waals surface area contributed by atoms with E-state index < -0.39 is 40.4 Å². The summed E-state index contributed by atoms with van der Waals surface area (Å²) in [4.78, 5) is 48.9. The first-order valence-electron chi connectivity index (χ1n) is 10.7. The first-order valence-corrected chi connectivity index (χ1v) is 10.7. The normalized spacial score (nSPS) is 23.7. The fraction of sp³-hybridized carbons (Fsp3) is 0.667. The van der Waals surface area contributed by atoms with Crippen molar-refractivity contribution in [2.75, 3.05) is 0 Å². The van der Waals surface area contributed by atoms with Crippen LogP contribution in [0.2, 0.25) is 0 Å². The first-order chi connectivity index (χ1) is 14.1. The summed E-state index contributed by atoms with van der Waals surface area (Å²) in [5.41, 5.74) is -1.94. The molecular formula is C24H34O7. The zero-order chi connectivity index (χ0) is 23.8. The number of Topliss-reactive ketones (excluding diaryl/α,β-unsaturated/α-hetero) is 1. The van der Waals surface area contributed by atoms with Crippen molar-refractivity contribution in [2.24, 2.45) is 16.7 Å². The molecule has 0 aromatic heterocycles. The number of carbonyl (C=O) groups excluding carboxylic acids is 4. The van der Waals surface area contributed by atoms with E-state index in [1.54, 1.807) is 19.9 Å². The zero-order valence-electron chi connectivity index (χ0n) is 19.8. The van der Waals surface area contributed by atoms with E-state index in [1.165, 1.54) is 19.9 Å². The Labute approximate surface area is 184 Å². The van der Waals surface area contributed by atoms with Crippen LogP contribution in [0, 0.1) is 16.7 Å². The average molecular weight is 435 g/mol. The third kappa shape index (κ3) is 5.25. The van der Waals surface area contributed by atoms with Crippen molar-refractivity contribution >= 4 is 23.7 Å². The highest BCUT2D eigenvalue weighted by atomic mass is 16.6. The number of hydrogen-bond donors (Lipinski definition) is 0. The molecular weight excluding hydrogens is 400 g/mol. The predicted molar refractivity (Wildman–Crippen MR) is 114 cm³/mol. The molecule has 0 aromatic carbocycles. The Morgan fingerprint density at radius 2 is 1.74 bits per heavy atom. The van der Waals surface area contributed by atoms with Crippen molar-refractivity contribution < 1.29 is 33.4 Å². The number of esters is 3. The summed E-state index contributed by atoms with van der Waals surface area (Å²) in [7, 11) is 0. The molecule has 31 heavy (non-hydrogen) atoms. The maximum absolute atomic E-state index is 13.2. The lowest BCUT2D eigenvalue weighted by molar-refractivity contribution is -0.182. The zero-order valence-corrected chi connectivity index (χ0v) is 19.8. The van der Waals surface area contributed by atoms with E-state index in [1.807, 2.05) is 27.7 Å². The number of fused-ring (bicyclic) bond motifs is 1. The minimum absolute atomic E-state index is 0.0737. The van der Waals surface area contributed by atoms with Crippen LogP contribution in [0.25, 0.3) is 0 Å². The first kappa shape index (κ1) is 24.8. The Hall–Kier alpha value is -2.44. The summed E-state index contributed by atoms with van der Waals surface area (Å²) in [5, 5.41) is 0. The Morgan fingerprint density at radius 3 is 2.26 bits per heavy atom. The van der Waals surface area contributed by atoms with Crippen molar-refractivity contribution in [2.45, 2.75) is 86.4 Å². The highest BCUT2D eigenvalue weighted by Crippen LogP contribution is 2.55. The highest BCUT2D eigenvalue weighted by Gasteiger charge is 2.52. The van der Waals surface area contributed by atoms with Gasteiger partial charge in [0.25, 0.3) is 0 Å². The van der Waals surface area contributed by atoms with Gasteiger partial charge in [0.2, 0.25) is 0 Å². The van der Waals surface area contributed by atoms with Crippen LogP contribution in [-0.2, 0) is 33.4 Å². The smallest absolute Gasteiger partial charge is 0.335 e. The van der Waals surface area contributed by atoms with Gasteiger partial charge in [-0.3, -0.25) is 14.4 Å². The van der Waals surface area contributed by atoms with Gasteiger partial charge in [0.1, 0.15) is 17.5 Å². The van der Waals surface area contributed by atoms with Gasteiger partial charge in [0.15, 0.2) is 5.78 Å². The maximum atomic E-state index is 13.2. The van der Waals surface area contributed by atoms with Crippen LogP contribution in [0.5, 0.6) is 0 Å². The molecule has 7 nitrogen and oxygen atoms in total. The molecule has 1 aliphatic carbocycles. The Bertz CT molecular complexity index is 844. The molecule has 0 saturated heterocycles. The summed E-state index contributed by atoms with van der Waals surface area (Å²) in [6.07, 6.45) is 3.74. The van der Waals surface area contributed by atoms with Gasteiger partial charge in [0.05, 0.1) is 5.41 Å². The minimum Gasteiger partial charge on any atom is -0.458 e. The second-order valence-corrected chi connectivity index (χ2v) is 10.0. The van der Waals surface area contributed by atoms with Gasteiger partial charge in [-0.25, -0.2) is 4.79 Å². The van der Waals surface area contributed by atoms with Gasteiger partial charge in [-0.15, -0.1) is 0 Å². The van der Waals surface area contributed by atoms with Crippen LogP contribution in [0.15, 0.2) is 23.5 Å². The van der Waals surface area contributed by atoms with Crippen LogP contribution in [0.1, 0.15) is 74.7 Å². The van der Waals surface area contributed by atoms with Gasteiger partial charge in [-0.05, 0) is 32.1 Å². The van der Waals surface area contributed by atoms with Crippen LogP contribution < -0.4 is 0 Å². The van der Waals surface area contributed by atoms with Crippen molar-refractivity contribution in [3.63, 3.8) is 0 Å². The van der Waals surface area contributed by atoms with Crippen molar-refractivity contribution in [3.8, 4) is 0 Å². The SMILES string of the molecule is CC(=O)O[C@H](C[C@@]12C=CC(=O)OC1=C(C(=O)C(C)C)C(C)(C)CC2)C(C)(C)OC(C)=O. The summed E-state index contributed by atoms with van der Waals surface area (Å²) in [6.45, 7) is 13.5. The second kappa shape index (κ2) is 8.60. The highest BCUT2D eigenvalue weighted by molar-refractivity contribution is 5.99. The molecule has 0 radical (unpaired) electrons. The lowest BCUT2D eigenvalue weighted by Crippen LogP contribution is -2.49. The largest absolute Gasteiger partial charge is 0.458 e. The Balaban J connectivity index is 2.66. The molecule has 0 unspecified atom stereocenters. The predicted octanol–water partition coefficient (Wildman–Crippen LogP) is 4.05. The molecule has 0 saturated carbocycles. The summed E-state index contributed by atoms with van der Waals surface area (Å²) in [6, 6.07) is 0. The van der Waals surface area contributed by atoms with Crippen LogP contribution in [-0.4, -0.2) is 35.4 Å². The van der Waals surface area contributed by atoms with Crippen LogP contribution in [0.4, 0.5) is 0 Å². The number of hydrogen-bond acceptors (Lipinski definition) is 7. The molecule has 1 aliphatic heterocycles. The molecule has 0 N–H and O–H groups in total. The van der Waals surface area contributed by atoms with Gasteiger partial charge in [-0.1, -0.05) is 33.8 Å².